The zero-order chi connectivity index (χ0) is 25.9. The minimum absolute atomic E-state index is 0.102. The van der Waals surface area contributed by atoms with E-state index in [-0.39, 0.29) is 19.8 Å². The summed E-state index contributed by atoms with van der Waals surface area (Å²) in [6, 6.07) is -0.686. The Kier molecular flexibility index (Phi) is 9.95. The zero-order valence-corrected chi connectivity index (χ0v) is 17.9. The number of hydrogen-bond donors (Lipinski definition) is 0. The number of rotatable bonds is 14. The quantitative estimate of drug-likeness (QED) is 0.191. The fourth-order valence-corrected chi connectivity index (χ4v) is 5.10. The Labute approximate surface area is 175 Å². The van der Waals surface area contributed by atoms with Crippen LogP contribution in [0.2, 0.25) is 6.04 Å². The van der Waals surface area contributed by atoms with Gasteiger partial charge in [-0.3, -0.25) is 0 Å². The first-order valence-electron chi connectivity index (χ1n) is 9.01. The lowest BCUT2D eigenvalue weighted by Gasteiger charge is -2.40. The van der Waals surface area contributed by atoms with Gasteiger partial charge >= 0.3 is 44.6 Å². The highest BCUT2D eigenvalue weighted by atomic mass is 28.4. The minimum atomic E-state index is -7.90. The molecule has 0 aromatic rings. The van der Waals surface area contributed by atoms with E-state index in [1.54, 1.807) is 0 Å². The Morgan fingerprint density at radius 3 is 1.19 bits per heavy atom. The summed E-state index contributed by atoms with van der Waals surface area (Å²) in [5.74, 6) is -36.8. The van der Waals surface area contributed by atoms with Crippen molar-refractivity contribution in [1.29, 1.82) is 0 Å². The van der Waals surface area contributed by atoms with Crippen molar-refractivity contribution >= 4 is 8.80 Å². The van der Waals surface area contributed by atoms with Crippen LogP contribution in [0.5, 0.6) is 0 Å². The van der Waals surface area contributed by atoms with Gasteiger partial charge in [-0.15, -0.1) is 0 Å². The van der Waals surface area contributed by atoms with Gasteiger partial charge in [-0.25, -0.2) is 0 Å². The van der Waals surface area contributed by atoms with E-state index < -0.39 is 63.5 Å². The van der Waals surface area contributed by atoms with Gasteiger partial charge in [-0.2, -0.15) is 57.1 Å². The van der Waals surface area contributed by atoms with E-state index in [9.17, 15) is 57.1 Å². The van der Waals surface area contributed by atoms with Crippen molar-refractivity contribution in [2.24, 2.45) is 0 Å². The number of hydrogen-bond acceptors (Lipinski definition) is 3. The summed E-state index contributed by atoms with van der Waals surface area (Å²) in [5.41, 5.74) is 0. The van der Waals surface area contributed by atoms with E-state index >= 15 is 0 Å². The summed E-state index contributed by atoms with van der Waals surface area (Å²) in [6.45, 7) is 3.96. The van der Waals surface area contributed by atoms with Crippen molar-refractivity contribution in [3.05, 3.63) is 0 Å². The third-order valence-corrected chi connectivity index (χ3v) is 7.22. The first-order valence-corrected chi connectivity index (χ1v) is 10.9. The average molecular weight is 524 g/mol. The lowest BCUT2D eigenvalue weighted by atomic mass is 9.92. The van der Waals surface area contributed by atoms with E-state index in [1.165, 1.54) is 20.8 Å². The molecule has 0 spiro atoms. The molecule has 0 N–H and O–H groups in total. The lowest BCUT2D eigenvalue weighted by molar-refractivity contribution is -0.440. The molecule has 0 aromatic carbocycles. The monoisotopic (exact) mass is 524 g/mol. The van der Waals surface area contributed by atoms with Crippen molar-refractivity contribution in [3.8, 4) is 0 Å². The average Bonchev–Trinajstić information content (AvgIpc) is 2.60. The van der Waals surface area contributed by atoms with Gasteiger partial charge in [-0.1, -0.05) is 0 Å². The summed E-state index contributed by atoms with van der Waals surface area (Å²) in [6.07, 6.45) is -10.9. The molecule has 0 saturated carbocycles. The van der Waals surface area contributed by atoms with Gasteiger partial charge in [0, 0.05) is 32.3 Å². The predicted molar refractivity (Wildman–Crippen MR) is 85.5 cm³/mol. The molecule has 0 atom stereocenters. The zero-order valence-electron chi connectivity index (χ0n) is 16.9. The van der Waals surface area contributed by atoms with Crippen molar-refractivity contribution in [2.45, 2.75) is 75.4 Å². The van der Waals surface area contributed by atoms with E-state index in [0.717, 1.165) is 0 Å². The SMILES string of the molecule is CCO[Si](CCCC(F)(F)C(F)(F)C(F)(F)C(F)(F)C(F)(F)C(F)(F)F)(OCC)OCC. The molecular formula is C15H21F13O3Si. The van der Waals surface area contributed by atoms with Crippen LogP contribution in [0.3, 0.4) is 0 Å². The Balaban J connectivity index is 5.85. The summed E-state index contributed by atoms with van der Waals surface area (Å²) < 4.78 is 186. The van der Waals surface area contributed by atoms with Crippen molar-refractivity contribution in [2.75, 3.05) is 19.8 Å². The molecule has 32 heavy (non-hydrogen) atoms. The van der Waals surface area contributed by atoms with Crippen LogP contribution < -0.4 is 0 Å². The highest BCUT2D eigenvalue weighted by molar-refractivity contribution is 6.60. The second-order valence-electron chi connectivity index (χ2n) is 6.34. The standard InChI is InChI=1S/C15H21F13O3Si/c1-4-29-32(30-5-2,31-6-3)9-7-8-10(16,17)11(18,19)12(20,21)13(22,23)14(24,25)15(26,27)28/h4-9H2,1-3H3. The normalized spacial score (nSPS) is 15.4. The molecule has 0 aromatic heterocycles. The highest BCUT2D eigenvalue weighted by Gasteiger charge is 2.90. The largest absolute Gasteiger partial charge is 0.500 e. The van der Waals surface area contributed by atoms with E-state index in [0.29, 0.717) is 0 Å². The minimum Gasteiger partial charge on any atom is -0.374 e. The maximum atomic E-state index is 13.8. The fraction of sp³-hybridized carbons (Fsp3) is 1.00. The molecular weight excluding hydrogens is 503 g/mol. The van der Waals surface area contributed by atoms with E-state index in [4.69, 9.17) is 13.3 Å². The summed E-state index contributed by atoms with van der Waals surface area (Å²) in [7, 11) is -3.77. The van der Waals surface area contributed by atoms with Crippen LogP contribution in [-0.4, -0.2) is 64.4 Å². The van der Waals surface area contributed by atoms with Crippen LogP contribution in [0.15, 0.2) is 0 Å². The van der Waals surface area contributed by atoms with Gasteiger partial charge in [0.15, 0.2) is 0 Å². The summed E-state index contributed by atoms with van der Waals surface area (Å²) >= 11 is 0. The Bertz CT molecular complexity index is 579. The van der Waals surface area contributed by atoms with Gasteiger partial charge < -0.3 is 13.3 Å². The van der Waals surface area contributed by atoms with E-state index in [1.807, 2.05) is 0 Å². The maximum Gasteiger partial charge on any atom is 0.500 e. The molecule has 0 amide bonds. The molecule has 0 aliphatic heterocycles. The van der Waals surface area contributed by atoms with Gasteiger partial charge in [0.25, 0.3) is 0 Å². The molecule has 0 radical (unpaired) electrons. The molecule has 0 saturated heterocycles. The third-order valence-electron chi connectivity index (χ3n) is 4.06. The van der Waals surface area contributed by atoms with Crippen molar-refractivity contribution < 1.29 is 70.4 Å². The van der Waals surface area contributed by atoms with Crippen LogP contribution >= 0.6 is 0 Å². The highest BCUT2D eigenvalue weighted by Crippen LogP contribution is 2.60. The molecule has 0 fully saturated rings. The van der Waals surface area contributed by atoms with Crippen molar-refractivity contribution in [1.82, 2.24) is 0 Å². The van der Waals surface area contributed by atoms with Gasteiger partial charge in [0.1, 0.15) is 0 Å². The van der Waals surface area contributed by atoms with Crippen LogP contribution in [0, 0.1) is 0 Å². The molecule has 0 rings (SSSR count). The number of halogens is 13. The molecule has 0 heterocycles. The Hall–Kier alpha value is -0.813. The third kappa shape index (κ3) is 5.63. The molecule has 3 nitrogen and oxygen atoms in total. The first kappa shape index (κ1) is 31.2. The maximum absolute atomic E-state index is 13.8. The van der Waals surface area contributed by atoms with Gasteiger partial charge in [0.05, 0.1) is 0 Å². The van der Waals surface area contributed by atoms with Crippen LogP contribution in [-0.2, 0) is 13.3 Å². The van der Waals surface area contributed by atoms with Gasteiger partial charge in [-0.05, 0) is 27.2 Å². The van der Waals surface area contributed by atoms with Crippen LogP contribution in [0.25, 0.3) is 0 Å². The first-order chi connectivity index (χ1) is 14.1. The summed E-state index contributed by atoms with van der Waals surface area (Å²) in [4.78, 5) is 0. The smallest absolute Gasteiger partial charge is 0.374 e. The van der Waals surface area contributed by atoms with Crippen LogP contribution in [0.4, 0.5) is 57.1 Å². The number of alkyl halides is 13. The van der Waals surface area contributed by atoms with Crippen molar-refractivity contribution in [3.63, 3.8) is 0 Å². The van der Waals surface area contributed by atoms with Gasteiger partial charge in [0.2, 0.25) is 0 Å². The topological polar surface area (TPSA) is 27.7 Å². The fourth-order valence-electron chi connectivity index (χ4n) is 2.49. The molecule has 0 aliphatic carbocycles. The Morgan fingerprint density at radius 1 is 0.531 bits per heavy atom. The van der Waals surface area contributed by atoms with Crippen LogP contribution in [0.1, 0.15) is 33.6 Å². The molecule has 17 heteroatoms. The second kappa shape index (κ2) is 10.2. The van der Waals surface area contributed by atoms with E-state index in [2.05, 4.69) is 0 Å². The molecule has 0 aliphatic rings. The summed E-state index contributed by atoms with van der Waals surface area (Å²) in [5, 5.41) is 0. The molecule has 0 bridgehead atoms. The Morgan fingerprint density at radius 2 is 0.875 bits per heavy atom. The predicted octanol–water partition coefficient (Wildman–Crippen LogP) is 6.55. The molecule has 194 valence electrons. The molecule has 0 unspecified atom stereocenters. The second-order valence-corrected chi connectivity index (χ2v) is 9.07. The lowest BCUT2D eigenvalue weighted by Crippen LogP contribution is -2.70.